The predicted octanol–water partition coefficient (Wildman–Crippen LogP) is 3.15. The minimum Gasteiger partial charge on any atom is -0.377 e. The van der Waals surface area contributed by atoms with Crippen LogP contribution < -0.4 is 5.32 Å². The normalized spacial score (nSPS) is 16.8. The highest BCUT2D eigenvalue weighted by atomic mass is 19.1. The quantitative estimate of drug-likeness (QED) is 0.827. The van der Waals surface area contributed by atoms with Crippen molar-refractivity contribution in [3.05, 3.63) is 59.7 Å². The van der Waals surface area contributed by atoms with E-state index in [4.69, 9.17) is 4.74 Å². The topological polar surface area (TPSA) is 54.5 Å². The maximum atomic E-state index is 13.9. The fourth-order valence-corrected chi connectivity index (χ4v) is 3.11. The molecule has 0 aliphatic carbocycles. The predicted molar refractivity (Wildman–Crippen MR) is 98.3 cm³/mol. The summed E-state index contributed by atoms with van der Waals surface area (Å²) in [5.74, 6) is -0.678. The van der Waals surface area contributed by atoms with E-state index in [2.05, 4.69) is 10.3 Å². The summed E-state index contributed by atoms with van der Waals surface area (Å²) in [7, 11) is 0. The largest absolute Gasteiger partial charge is 0.377 e. The van der Waals surface area contributed by atoms with E-state index in [0.717, 1.165) is 30.7 Å². The highest BCUT2D eigenvalue weighted by Gasteiger charge is 2.21. The monoisotopic (exact) mass is 357 g/mol. The van der Waals surface area contributed by atoms with Crippen molar-refractivity contribution in [1.29, 1.82) is 0 Å². The second-order valence-electron chi connectivity index (χ2n) is 6.66. The molecular formula is C20H24FN3O2. The lowest BCUT2D eigenvalue weighted by Crippen LogP contribution is -2.38. The van der Waals surface area contributed by atoms with Gasteiger partial charge in [-0.3, -0.25) is 14.7 Å². The standard InChI is InChI=1S/C20H24FN3O2/c1-15-7-8-18(21)19(11-15)23-20(25)14-24(13-17-6-4-10-26-17)12-16-5-2-3-9-22-16/h2-3,5,7-9,11,17H,4,6,10,12-14H2,1H3,(H,23,25). The van der Waals surface area contributed by atoms with Gasteiger partial charge in [0, 0.05) is 25.9 Å². The Morgan fingerprint density at radius 1 is 1.38 bits per heavy atom. The maximum Gasteiger partial charge on any atom is 0.238 e. The van der Waals surface area contributed by atoms with E-state index < -0.39 is 5.82 Å². The van der Waals surface area contributed by atoms with Gasteiger partial charge >= 0.3 is 0 Å². The number of aryl methyl sites for hydroxylation is 1. The van der Waals surface area contributed by atoms with Gasteiger partial charge in [0.1, 0.15) is 5.82 Å². The van der Waals surface area contributed by atoms with Gasteiger partial charge in [-0.2, -0.15) is 0 Å². The molecule has 1 N–H and O–H groups in total. The third kappa shape index (κ3) is 5.34. The minimum atomic E-state index is -0.431. The Labute approximate surface area is 153 Å². The van der Waals surface area contributed by atoms with E-state index in [9.17, 15) is 9.18 Å². The molecule has 1 fully saturated rings. The summed E-state index contributed by atoms with van der Waals surface area (Å²) in [4.78, 5) is 18.8. The van der Waals surface area contributed by atoms with E-state index in [1.54, 1.807) is 18.3 Å². The van der Waals surface area contributed by atoms with E-state index in [1.807, 2.05) is 30.0 Å². The van der Waals surface area contributed by atoms with Gasteiger partial charge in [-0.25, -0.2) is 4.39 Å². The molecule has 0 spiro atoms. The number of hydrogen-bond donors (Lipinski definition) is 1. The van der Waals surface area contributed by atoms with Crippen LogP contribution >= 0.6 is 0 Å². The summed E-state index contributed by atoms with van der Waals surface area (Å²) >= 11 is 0. The Kier molecular flexibility index (Phi) is 6.30. The van der Waals surface area contributed by atoms with E-state index >= 15 is 0 Å². The van der Waals surface area contributed by atoms with Crippen molar-refractivity contribution in [2.75, 3.05) is 25.0 Å². The summed E-state index contributed by atoms with van der Waals surface area (Å²) in [6.45, 7) is 3.98. The van der Waals surface area contributed by atoms with Crippen molar-refractivity contribution in [1.82, 2.24) is 9.88 Å². The molecule has 2 aromatic rings. The Balaban J connectivity index is 1.65. The number of hydrogen-bond acceptors (Lipinski definition) is 4. The van der Waals surface area contributed by atoms with Crippen LogP contribution in [0.4, 0.5) is 10.1 Å². The van der Waals surface area contributed by atoms with Gasteiger partial charge in [0.2, 0.25) is 5.91 Å². The van der Waals surface area contributed by atoms with Gasteiger partial charge < -0.3 is 10.1 Å². The molecule has 5 nitrogen and oxygen atoms in total. The van der Waals surface area contributed by atoms with Crippen LogP contribution in [0.3, 0.4) is 0 Å². The first kappa shape index (κ1) is 18.5. The molecule has 1 unspecified atom stereocenters. The molecule has 2 heterocycles. The Hall–Kier alpha value is -2.31. The van der Waals surface area contributed by atoms with Gasteiger partial charge in [0.05, 0.1) is 24.0 Å². The van der Waals surface area contributed by atoms with Gasteiger partial charge in [0.15, 0.2) is 0 Å². The molecular weight excluding hydrogens is 333 g/mol. The molecule has 0 radical (unpaired) electrons. The first-order valence-corrected chi connectivity index (χ1v) is 8.90. The van der Waals surface area contributed by atoms with E-state index in [0.29, 0.717) is 13.1 Å². The maximum absolute atomic E-state index is 13.9. The number of pyridine rings is 1. The van der Waals surface area contributed by atoms with Crippen LogP contribution in [0.25, 0.3) is 0 Å². The lowest BCUT2D eigenvalue weighted by molar-refractivity contribution is -0.117. The zero-order valence-electron chi connectivity index (χ0n) is 15.0. The van der Waals surface area contributed by atoms with Crippen LogP contribution in [0, 0.1) is 12.7 Å². The first-order chi connectivity index (χ1) is 12.6. The summed E-state index contributed by atoms with van der Waals surface area (Å²) in [5.41, 5.74) is 2.00. The zero-order valence-corrected chi connectivity index (χ0v) is 15.0. The molecule has 1 saturated heterocycles. The molecule has 0 saturated carbocycles. The summed E-state index contributed by atoms with van der Waals surface area (Å²) < 4.78 is 19.6. The van der Waals surface area contributed by atoms with Crippen LogP contribution in [-0.2, 0) is 16.1 Å². The highest BCUT2D eigenvalue weighted by Crippen LogP contribution is 2.17. The number of anilines is 1. The van der Waals surface area contributed by atoms with E-state index in [1.165, 1.54) is 6.07 Å². The zero-order chi connectivity index (χ0) is 18.4. The van der Waals surface area contributed by atoms with Crippen molar-refractivity contribution in [3.8, 4) is 0 Å². The third-order valence-corrected chi connectivity index (χ3v) is 4.36. The summed E-state index contributed by atoms with van der Waals surface area (Å²) in [6, 6.07) is 10.4. The van der Waals surface area contributed by atoms with Crippen molar-refractivity contribution in [2.45, 2.75) is 32.4 Å². The average molecular weight is 357 g/mol. The number of amides is 1. The molecule has 3 rings (SSSR count). The Bertz CT molecular complexity index is 733. The van der Waals surface area contributed by atoms with Crippen molar-refractivity contribution in [2.24, 2.45) is 0 Å². The first-order valence-electron chi connectivity index (χ1n) is 8.90. The lowest BCUT2D eigenvalue weighted by atomic mass is 10.2. The molecule has 26 heavy (non-hydrogen) atoms. The van der Waals surface area contributed by atoms with Gasteiger partial charge in [-0.15, -0.1) is 0 Å². The number of nitrogens with zero attached hydrogens (tertiary/aromatic N) is 2. The molecule has 138 valence electrons. The smallest absolute Gasteiger partial charge is 0.238 e. The van der Waals surface area contributed by atoms with Crippen LogP contribution in [-0.4, -0.2) is 41.6 Å². The van der Waals surface area contributed by atoms with Crippen molar-refractivity contribution in [3.63, 3.8) is 0 Å². The molecule has 6 heteroatoms. The highest BCUT2D eigenvalue weighted by molar-refractivity contribution is 5.92. The summed E-state index contributed by atoms with van der Waals surface area (Å²) in [6.07, 6.45) is 3.90. The Morgan fingerprint density at radius 3 is 3.00 bits per heavy atom. The van der Waals surface area contributed by atoms with Crippen LogP contribution in [0.2, 0.25) is 0 Å². The van der Waals surface area contributed by atoms with Crippen molar-refractivity contribution >= 4 is 11.6 Å². The molecule has 1 aliphatic heterocycles. The van der Waals surface area contributed by atoms with Crippen LogP contribution in [0.15, 0.2) is 42.6 Å². The minimum absolute atomic E-state index is 0.127. The summed E-state index contributed by atoms with van der Waals surface area (Å²) in [5, 5.41) is 2.68. The number of nitrogens with one attached hydrogen (secondary N) is 1. The number of aromatic nitrogens is 1. The average Bonchev–Trinajstić information content (AvgIpc) is 3.12. The number of benzene rings is 1. The van der Waals surface area contributed by atoms with Crippen molar-refractivity contribution < 1.29 is 13.9 Å². The molecule has 1 aliphatic rings. The van der Waals surface area contributed by atoms with Crippen LogP contribution in [0.5, 0.6) is 0 Å². The molecule has 1 atom stereocenters. The molecule has 1 aromatic carbocycles. The number of rotatable bonds is 7. The van der Waals surface area contributed by atoms with Crippen LogP contribution in [0.1, 0.15) is 24.1 Å². The number of ether oxygens (including phenoxy) is 1. The third-order valence-electron chi connectivity index (χ3n) is 4.36. The fourth-order valence-electron chi connectivity index (χ4n) is 3.11. The fraction of sp³-hybridized carbons (Fsp3) is 0.400. The second-order valence-corrected chi connectivity index (χ2v) is 6.66. The lowest BCUT2D eigenvalue weighted by Gasteiger charge is -2.24. The number of carbonyl (C=O) groups is 1. The van der Waals surface area contributed by atoms with Gasteiger partial charge in [-0.1, -0.05) is 12.1 Å². The second kappa shape index (κ2) is 8.87. The number of halogens is 1. The van der Waals surface area contributed by atoms with Gasteiger partial charge in [0.25, 0.3) is 0 Å². The van der Waals surface area contributed by atoms with Gasteiger partial charge in [-0.05, 0) is 49.6 Å². The number of carbonyl (C=O) groups excluding carboxylic acids is 1. The van der Waals surface area contributed by atoms with E-state index in [-0.39, 0.29) is 24.2 Å². The SMILES string of the molecule is Cc1ccc(F)c(NC(=O)CN(Cc2ccccn2)CC2CCCO2)c1. The molecule has 0 bridgehead atoms. The molecule has 1 amide bonds. The Morgan fingerprint density at radius 2 is 2.27 bits per heavy atom. The molecule has 1 aromatic heterocycles.